The van der Waals surface area contributed by atoms with Gasteiger partial charge in [0.15, 0.2) is 5.79 Å². The molecule has 9 unspecified atom stereocenters. The van der Waals surface area contributed by atoms with Crippen molar-refractivity contribution in [2.45, 2.75) is 117 Å². The normalized spacial score (nSPS) is 53.3. The Bertz CT molecular complexity index is 1020. The number of rotatable bonds is 2. The van der Waals surface area contributed by atoms with Gasteiger partial charge < -0.3 is 24.1 Å². The lowest BCUT2D eigenvalue weighted by atomic mass is 9.46. The number of carbonyl (C=O) groups excluding carboxylic acids is 2. The van der Waals surface area contributed by atoms with E-state index in [1.165, 1.54) is 19.4 Å². The highest BCUT2D eigenvalue weighted by Crippen LogP contribution is 2.70. The van der Waals surface area contributed by atoms with Crippen LogP contribution < -0.4 is 0 Å². The largest absolute Gasteiger partial charge is 0.462 e. The van der Waals surface area contributed by atoms with Crippen LogP contribution in [0.4, 0.5) is 0 Å². The molecule has 4 aliphatic carbocycles. The molecule has 3 saturated carbocycles. The number of aliphatic hydroxyl groups excluding tert-OH is 1. The predicted octanol–water partition coefficient (Wildman–Crippen LogP) is 4.80. The standard InChI is InChI=1S/C31H46O7/c1-16-11-26(34)31(35-15-16)17(2)28-25(38-31)14-24-22-8-7-20-12-21(36-18(3)32)13-27(37-19(4)33)30(20,6)23(22)9-10-29(24,28)5/h7,16-17,21-28,34H,8-15H2,1-6H3/t16-,17-,21?,22?,23?,24?,25?,26-,27?,28?,29?,30?,31-/m0/s1. The molecule has 0 radical (unpaired) electrons. The topological polar surface area (TPSA) is 91.3 Å². The van der Waals surface area contributed by atoms with Gasteiger partial charge >= 0.3 is 11.9 Å². The highest BCUT2D eigenvalue weighted by Gasteiger charge is 2.71. The Morgan fingerprint density at radius 3 is 2.47 bits per heavy atom. The molecule has 0 aromatic heterocycles. The molecule has 0 bridgehead atoms. The highest BCUT2D eigenvalue weighted by molar-refractivity contribution is 5.67. The third kappa shape index (κ3) is 3.70. The van der Waals surface area contributed by atoms with Crippen LogP contribution in [0.2, 0.25) is 0 Å². The summed E-state index contributed by atoms with van der Waals surface area (Å²) in [6.07, 6.45) is 7.53. The molecule has 212 valence electrons. The van der Waals surface area contributed by atoms with Crippen LogP contribution in [0.15, 0.2) is 11.6 Å². The van der Waals surface area contributed by atoms with Crippen LogP contribution in [0.3, 0.4) is 0 Å². The summed E-state index contributed by atoms with van der Waals surface area (Å²) in [7, 11) is 0. The van der Waals surface area contributed by atoms with Gasteiger partial charge in [0.25, 0.3) is 0 Å². The Labute approximate surface area is 227 Å². The van der Waals surface area contributed by atoms with E-state index in [0.717, 1.165) is 38.5 Å². The Kier molecular flexibility index (Phi) is 6.36. The molecule has 7 heteroatoms. The molecule has 5 fully saturated rings. The van der Waals surface area contributed by atoms with Gasteiger partial charge in [-0.3, -0.25) is 9.59 Å². The number of carbonyl (C=O) groups is 2. The summed E-state index contributed by atoms with van der Waals surface area (Å²) in [5.74, 6) is 0.819. The zero-order chi connectivity index (χ0) is 27.2. The molecule has 1 N–H and O–H groups in total. The molecule has 7 nitrogen and oxygen atoms in total. The Hall–Kier alpha value is -1.44. The van der Waals surface area contributed by atoms with Crippen molar-refractivity contribution in [1.29, 1.82) is 0 Å². The monoisotopic (exact) mass is 530 g/mol. The molecule has 38 heavy (non-hydrogen) atoms. The van der Waals surface area contributed by atoms with Gasteiger partial charge in [-0.15, -0.1) is 0 Å². The second-order valence-corrected chi connectivity index (χ2v) is 14.0. The first-order valence-corrected chi connectivity index (χ1v) is 14.9. The van der Waals surface area contributed by atoms with E-state index in [9.17, 15) is 14.7 Å². The van der Waals surface area contributed by atoms with E-state index < -0.39 is 11.9 Å². The fourth-order valence-electron chi connectivity index (χ4n) is 10.5. The van der Waals surface area contributed by atoms with Gasteiger partial charge in [0.2, 0.25) is 0 Å². The van der Waals surface area contributed by atoms with Crippen molar-refractivity contribution in [2.24, 2.45) is 46.3 Å². The Morgan fingerprint density at radius 2 is 1.79 bits per heavy atom. The zero-order valence-corrected chi connectivity index (χ0v) is 23.9. The van der Waals surface area contributed by atoms with E-state index >= 15 is 0 Å². The first-order chi connectivity index (χ1) is 17.9. The SMILES string of the molecule is CC(=O)OC1CC2=CCC3C4CC5O[C@@]6(OC[C@@H](C)C[C@@H]6O)[C@@H](C)C5C4(C)CCC3C2(C)C(OC(C)=O)C1. The number of esters is 2. The van der Waals surface area contributed by atoms with Crippen molar-refractivity contribution in [3.63, 3.8) is 0 Å². The van der Waals surface area contributed by atoms with E-state index in [0.29, 0.717) is 42.6 Å². The molecule has 0 aromatic carbocycles. The number of ether oxygens (including phenoxy) is 4. The minimum atomic E-state index is -0.867. The minimum absolute atomic E-state index is 0.101. The van der Waals surface area contributed by atoms with Crippen LogP contribution >= 0.6 is 0 Å². The number of aliphatic hydroxyl groups is 1. The van der Waals surface area contributed by atoms with Crippen LogP contribution in [0.25, 0.3) is 0 Å². The van der Waals surface area contributed by atoms with Gasteiger partial charge in [0, 0.05) is 38.0 Å². The Balaban J connectivity index is 1.29. The van der Waals surface area contributed by atoms with Gasteiger partial charge in [-0.25, -0.2) is 0 Å². The van der Waals surface area contributed by atoms with E-state index in [1.807, 2.05) is 0 Å². The van der Waals surface area contributed by atoms with Crippen LogP contribution in [-0.4, -0.2) is 53.9 Å². The third-order valence-corrected chi connectivity index (χ3v) is 12.0. The van der Waals surface area contributed by atoms with Crippen molar-refractivity contribution in [2.75, 3.05) is 6.61 Å². The highest BCUT2D eigenvalue weighted by atomic mass is 16.7. The molecule has 2 heterocycles. The average molecular weight is 531 g/mol. The Morgan fingerprint density at radius 1 is 1.05 bits per heavy atom. The number of fused-ring (bicyclic) bond motifs is 7. The van der Waals surface area contributed by atoms with Crippen LogP contribution in [0.5, 0.6) is 0 Å². The molecule has 0 aromatic rings. The average Bonchev–Trinajstić information content (AvgIpc) is 3.28. The lowest BCUT2D eigenvalue weighted by Crippen LogP contribution is -2.58. The molecule has 6 aliphatic rings. The molecule has 2 aliphatic heterocycles. The first kappa shape index (κ1) is 26.8. The van der Waals surface area contributed by atoms with Crippen molar-refractivity contribution in [3.8, 4) is 0 Å². The molecule has 13 atom stereocenters. The van der Waals surface area contributed by atoms with Crippen LogP contribution in [0, 0.1) is 46.3 Å². The second kappa shape index (κ2) is 9.04. The van der Waals surface area contributed by atoms with E-state index in [4.69, 9.17) is 18.9 Å². The summed E-state index contributed by atoms with van der Waals surface area (Å²) in [6, 6.07) is 0. The van der Waals surface area contributed by atoms with Crippen molar-refractivity contribution in [3.05, 3.63) is 11.6 Å². The molecule has 6 rings (SSSR count). The van der Waals surface area contributed by atoms with Gasteiger partial charge in [-0.2, -0.15) is 0 Å². The number of allylic oxidation sites excluding steroid dienone is 1. The summed E-state index contributed by atoms with van der Waals surface area (Å²) in [5, 5.41) is 11.1. The van der Waals surface area contributed by atoms with E-state index in [-0.39, 0.29) is 47.0 Å². The fourth-order valence-corrected chi connectivity index (χ4v) is 10.5. The second-order valence-electron chi connectivity index (χ2n) is 14.0. The first-order valence-electron chi connectivity index (χ1n) is 14.9. The van der Waals surface area contributed by atoms with Gasteiger partial charge in [-0.05, 0) is 67.1 Å². The van der Waals surface area contributed by atoms with E-state index in [1.54, 1.807) is 0 Å². The van der Waals surface area contributed by atoms with Crippen LogP contribution in [-0.2, 0) is 28.5 Å². The lowest BCUT2D eigenvalue weighted by molar-refractivity contribution is -0.316. The minimum Gasteiger partial charge on any atom is -0.462 e. The summed E-state index contributed by atoms with van der Waals surface area (Å²) < 4.78 is 24.8. The van der Waals surface area contributed by atoms with Gasteiger partial charge in [0.1, 0.15) is 18.3 Å². The molecular weight excluding hydrogens is 484 g/mol. The van der Waals surface area contributed by atoms with Crippen molar-refractivity contribution < 1.29 is 33.6 Å². The predicted molar refractivity (Wildman–Crippen MR) is 140 cm³/mol. The number of hydrogen-bond donors (Lipinski definition) is 1. The molecule has 1 spiro atoms. The fraction of sp³-hybridized carbons (Fsp3) is 0.871. The summed E-state index contributed by atoms with van der Waals surface area (Å²) in [5.41, 5.74) is 1.16. The molecule has 2 saturated heterocycles. The summed E-state index contributed by atoms with van der Waals surface area (Å²) >= 11 is 0. The molecular formula is C31H46O7. The zero-order valence-electron chi connectivity index (χ0n) is 23.9. The molecule has 0 amide bonds. The lowest BCUT2D eigenvalue weighted by Gasteiger charge is -2.60. The van der Waals surface area contributed by atoms with Crippen molar-refractivity contribution in [1.82, 2.24) is 0 Å². The quantitative estimate of drug-likeness (QED) is 0.405. The maximum absolute atomic E-state index is 12.2. The maximum atomic E-state index is 12.2. The van der Waals surface area contributed by atoms with Crippen LogP contribution in [0.1, 0.15) is 86.5 Å². The maximum Gasteiger partial charge on any atom is 0.302 e. The third-order valence-electron chi connectivity index (χ3n) is 12.0. The smallest absolute Gasteiger partial charge is 0.302 e. The van der Waals surface area contributed by atoms with Gasteiger partial charge in [0.05, 0.1) is 12.7 Å². The van der Waals surface area contributed by atoms with Crippen molar-refractivity contribution >= 4 is 11.9 Å². The number of hydrogen-bond acceptors (Lipinski definition) is 7. The summed E-state index contributed by atoms with van der Waals surface area (Å²) in [4.78, 5) is 24.0. The van der Waals surface area contributed by atoms with Gasteiger partial charge in [-0.1, -0.05) is 39.3 Å². The van der Waals surface area contributed by atoms with E-state index in [2.05, 4.69) is 33.8 Å². The summed E-state index contributed by atoms with van der Waals surface area (Å²) in [6.45, 7) is 12.7.